The van der Waals surface area contributed by atoms with Gasteiger partial charge in [0.1, 0.15) is 5.75 Å². The van der Waals surface area contributed by atoms with E-state index in [9.17, 15) is 9.90 Å². The van der Waals surface area contributed by atoms with Gasteiger partial charge in [-0.25, -0.2) is 4.79 Å². The highest BCUT2D eigenvalue weighted by atomic mass is 16.5. The van der Waals surface area contributed by atoms with E-state index in [-0.39, 0.29) is 6.03 Å². The lowest BCUT2D eigenvalue weighted by molar-refractivity contribution is 0.00570. The number of nitrogens with one attached hydrogen (secondary N) is 1. The van der Waals surface area contributed by atoms with Crippen molar-refractivity contribution in [2.24, 2.45) is 0 Å². The molecule has 0 aromatic heterocycles. The van der Waals surface area contributed by atoms with Crippen molar-refractivity contribution in [3.63, 3.8) is 0 Å². The molecule has 0 radical (unpaired) electrons. The van der Waals surface area contributed by atoms with E-state index in [0.29, 0.717) is 37.4 Å². The molecule has 0 saturated carbocycles. The predicted octanol–water partition coefficient (Wildman–Crippen LogP) is 2.07. The van der Waals surface area contributed by atoms with Gasteiger partial charge in [-0.15, -0.1) is 0 Å². The fourth-order valence-corrected chi connectivity index (χ4v) is 2.13. The smallest absolute Gasteiger partial charge is 0.321 e. The van der Waals surface area contributed by atoms with Crippen molar-refractivity contribution in [1.82, 2.24) is 4.90 Å². The molecule has 0 atom stereocenters. The van der Waals surface area contributed by atoms with Crippen LogP contribution in [0.1, 0.15) is 19.8 Å². The van der Waals surface area contributed by atoms with Gasteiger partial charge in [0.25, 0.3) is 0 Å². The summed E-state index contributed by atoms with van der Waals surface area (Å²) in [6.07, 6.45) is 1.21. The fourth-order valence-electron chi connectivity index (χ4n) is 2.13. The minimum atomic E-state index is -0.652. The Labute approximate surface area is 113 Å². The summed E-state index contributed by atoms with van der Waals surface area (Å²) in [5, 5.41) is 12.7. The molecule has 104 valence electrons. The summed E-state index contributed by atoms with van der Waals surface area (Å²) < 4.78 is 5.19. The average molecular weight is 264 g/mol. The van der Waals surface area contributed by atoms with Crippen molar-refractivity contribution < 1.29 is 14.6 Å². The van der Waals surface area contributed by atoms with Crippen LogP contribution < -0.4 is 10.1 Å². The van der Waals surface area contributed by atoms with Crippen LogP contribution in [0, 0.1) is 0 Å². The molecule has 0 unspecified atom stereocenters. The maximum atomic E-state index is 12.1. The molecule has 19 heavy (non-hydrogen) atoms. The molecular weight excluding hydrogens is 244 g/mol. The number of amides is 2. The number of benzene rings is 1. The topological polar surface area (TPSA) is 61.8 Å². The maximum absolute atomic E-state index is 12.1. The van der Waals surface area contributed by atoms with Gasteiger partial charge in [0, 0.05) is 13.1 Å². The largest absolute Gasteiger partial charge is 0.495 e. The third kappa shape index (κ3) is 3.38. The normalized spacial score (nSPS) is 17.9. The van der Waals surface area contributed by atoms with Crippen molar-refractivity contribution in [3.8, 4) is 5.75 Å². The van der Waals surface area contributed by atoms with E-state index < -0.39 is 5.60 Å². The third-order valence-corrected chi connectivity index (χ3v) is 3.48. The quantitative estimate of drug-likeness (QED) is 0.859. The van der Waals surface area contributed by atoms with E-state index in [4.69, 9.17) is 4.74 Å². The minimum Gasteiger partial charge on any atom is -0.495 e. The van der Waals surface area contributed by atoms with Crippen LogP contribution in [0.15, 0.2) is 24.3 Å². The number of carbonyl (C=O) groups excluding carboxylic acids is 1. The highest BCUT2D eigenvalue weighted by molar-refractivity contribution is 5.91. The first kappa shape index (κ1) is 13.7. The van der Waals surface area contributed by atoms with Gasteiger partial charge in [0.15, 0.2) is 0 Å². The number of para-hydroxylation sites is 2. The number of piperidine rings is 1. The Morgan fingerprint density at radius 3 is 2.63 bits per heavy atom. The minimum absolute atomic E-state index is 0.153. The summed E-state index contributed by atoms with van der Waals surface area (Å²) >= 11 is 0. The second kappa shape index (κ2) is 5.48. The van der Waals surface area contributed by atoms with Gasteiger partial charge in [-0.05, 0) is 31.9 Å². The van der Waals surface area contributed by atoms with Gasteiger partial charge < -0.3 is 20.1 Å². The zero-order valence-electron chi connectivity index (χ0n) is 11.3. The van der Waals surface area contributed by atoms with Crippen LogP contribution in [0.25, 0.3) is 0 Å². The van der Waals surface area contributed by atoms with Crippen LogP contribution in [0.4, 0.5) is 10.5 Å². The van der Waals surface area contributed by atoms with Crippen molar-refractivity contribution >= 4 is 11.7 Å². The zero-order valence-corrected chi connectivity index (χ0v) is 11.3. The number of hydrogen-bond donors (Lipinski definition) is 2. The Kier molecular flexibility index (Phi) is 3.95. The molecule has 2 amide bonds. The third-order valence-electron chi connectivity index (χ3n) is 3.48. The number of aliphatic hydroxyl groups is 1. The first-order valence-corrected chi connectivity index (χ1v) is 6.43. The lowest BCUT2D eigenvalue weighted by Crippen LogP contribution is -2.46. The van der Waals surface area contributed by atoms with Crippen LogP contribution in [0.5, 0.6) is 5.75 Å². The van der Waals surface area contributed by atoms with E-state index in [2.05, 4.69) is 5.32 Å². The highest BCUT2D eigenvalue weighted by Gasteiger charge is 2.29. The van der Waals surface area contributed by atoms with Crippen LogP contribution in [0.3, 0.4) is 0 Å². The van der Waals surface area contributed by atoms with E-state index in [1.54, 1.807) is 24.1 Å². The molecule has 5 nitrogen and oxygen atoms in total. The number of nitrogens with zero attached hydrogens (tertiary/aromatic N) is 1. The molecule has 1 aliphatic heterocycles. The summed E-state index contributed by atoms with van der Waals surface area (Å²) in [5.74, 6) is 0.639. The van der Waals surface area contributed by atoms with Crippen molar-refractivity contribution in [2.75, 3.05) is 25.5 Å². The molecule has 1 saturated heterocycles. The molecule has 1 heterocycles. The van der Waals surface area contributed by atoms with Gasteiger partial charge in [0.2, 0.25) is 0 Å². The highest BCUT2D eigenvalue weighted by Crippen LogP contribution is 2.25. The molecule has 1 aromatic rings. The van der Waals surface area contributed by atoms with E-state index in [0.717, 1.165) is 0 Å². The van der Waals surface area contributed by atoms with Gasteiger partial charge in [-0.3, -0.25) is 0 Å². The van der Waals surface area contributed by atoms with E-state index in [1.165, 1.54) is 0 Å². The van der Waals surface area contributed by atoms with Crippen molar-refractivity contribution in [3.05, 3.63) is 24.3 Å². The lowest BCUT2D eigenvalue weighted by atomic mass is 9.94. The first-order chi connectivity index (χ1) is 9.02. The van der Waals surface area contributed by atoms with E-state index in [1.807, 2.05) is 19.1 Å². The molecule has 2 N–H and O–H groups in total. The lowest BCUT2D eigenvalue weighted by Gasteiger charge is -2.35. The summed E-state index contributed by atoms with van der Waals surface area (Å²) in [6.45, 7) is 2.93. The summed E-state index contributed by atoms with van der Waals surface area (Å²) in [6, 6.07) is 7.15. The Morgan fingerprint density at radius 1 is 1.37 bits per heavy atom. The second-order valence-electron chi connectivity index (χ2n) is 5.11. The summed E-state index contributed by atoms with van der Waals surface area (Å²) in [7, 11) is 1.57. The Morgan fingerprint density at radius 2 is 2.00 bits per heavy atom. The van der Waals surface area contributed by atoms with Gasteiger partial charge in [-0.2, -0.15) is 0 Å². The molecule has 0 bridgehead atoms. The fraction of sp³-hybridized carbons (Fsp3) is 0.500. The molecular formula is C14H20N2O3. The number of methoxy groups -OCH3 is 1. The number of ether oxygens (including phenoxy) is 1. The molecule has 1 fully saturated rings. The van der Waals surface area contributed by atoms with Crippen LogP contribution >= 0.6 is 0 Å². The first-order valence-electron chi connectivity index (χ1n) is 6.43. The number of carbonyl (C=O) groups is 1. The zero-order chi connectivity index (χ0) is 13.9. The number of anilines is 1. The summed E-state index contributed by atoms with van der Waals surface area (Å²) in [5.41, 5.74) is 0.00800. The second-order valence-corrected chi connectivity index (χ2v) is 5.11. The Balaban J connectivity index is 1.98. The van der Waals surface area contributed by atoms with Crippen LogP contribution in [-0.4, -0.2) is 41.8 Å². The molecule has 0 aliphatic carbocycles. The standard InChI is InChI=1S/C14H20N2O3/c1-14(18)7-9-16(10-8-14)13(17)15-11-5-3-4-6-12(11)19-2/h3-6,18H,7-10H2,1-2H3,(H,15,17). The summed E-state index contributed by atoms with van der Waals surface area (Å²) in [4.78, 5) is 13.8. The van der Waals surface area contributed by atoms with Crippen LogP contribution in [0.2, 0.25) is 0 Å². The number of urea groups is 1. The van der Waals surface area contributed by atoms with Crippen molar-refractivity contribution in [1.29, 1.82) is 0 Å². The Bertz CT molecular complexity index is 450. The molecule has 1 aliphatic rings. The van der Waals surface area contributed by atoms with Gasteiger partial charge >= 0.3 is 6.03 Å². The molecule has 5 heteroatoms. The number of likely N-dealkylation sites (tertiary alicyclic amines) is 1. The Hall–Kier alpha value is -1.75. The van der Waals surface area contributed by atoms with E-state index >= 15 is 0 Å². The van der Waals surface area contributed by atoms with Crippen molar-refractivity contribution in [2.45, 2.75) is 25.4 Å². The SMILES string of the molecule is COc1ccccc1NC(=O)N1CCC(C)(O)CC1. The van der Waals surface area contributed by atoms with Gasteiger partial charge in [0.05, 0.1) is 18.4 Å². The van der Waals surface area contributed by atoms with Gasteiger partial charge in [-0.1, -0.05) is 12.1 Å². The van der Waals surface area contributed by atoms with Crippen LogP contribution in [-0.2, 0) is 0 Å². The molecule has 0 spiro atoms. The molecule has 1 aromatic carbocycles. The number of hydrogen-bond acceptors (Lipinski definition) is 3. The number of rotatable bonds is 2. The predicted molar refractivity (Wildman–Crippen MR) is 73.4 cm³/mol. The average Bonchev–Trinajstić information content (AvgIpc) is 2.39. The molecule has 2 rings (SSSR count). The maximum Gasteiger partial charge on any atom is 0.321 e. The monoisotopic (exact) mass is 264 g/mol.